The van der Waals surface area contributed by atoms with Crippen molar-refractivity contribution in [3.05, 3.63) is 57.4 Å². The lowest BCUT2D eigenvalue weighted by atomic mass is 10.1. The average Bonchev–Trinajstić information content (AvgIpc) is 3.36. The van der Waals surface area contributed by atoms with Gasteiger partial charge in [0.1, 0.15) is 0 Å². The molecule has 1 aliphatic rings. The van der Waals surface area contributed by atoms with Crippen LogP contribution in [0.1, 0.15) is 12.5 Å². The lowest BCUT2D eigenvalue weighted by molar-refractivity contribution is 0.571. The molecule has 0 bridgehead atoms. The van der Waals surface area contributed by atoms with Crippen molar-refractivity contribution >= 4 is 26.8 Å². The SMILES string of the molecule is Cn1c(=O)c2c(nc3n([C@@H]4CCS(=O)(=O)C4)c(-c4ccccc4)cn23)n(C)c1=O. The van der Waals surface area contributed by atoms with Gasteiger partial charge in [-0.2, -0.15) is 4.98 Å². The minimum absolute atomic E-state index is 0.0251. The minimum Gasteiger partial charge on any atom is -0.305 e. The molecule has 0 N–H and O–H groups in total. The van der Waals surface area contributed by atoms with Gasteiger partial charge in [-0.3, -0.25) is 18.3 Å². The van der Waals surface area contributed by atoms with E-state index in [9.17, 15) is 18.0 Å². The van der Waals surface area contributed by atoms with Crippen LogP contribution in [0.4, 0.5) is 0 Å². The van der Waals surface area contributed by atoms with Crippen molar-refractivity contribution < 1.29 is 8.42 Å². The molecule has 0 spiro atoms. The largest absolute Gasteiger partial charge is 0.332 e. The van der Waals surface area contributed by atoms with E-state index in [-0.39, 0.29) is 23.2 Å². The van der Waals surface area contributed by atoms with Crippen LogP contribution < -0.4 is 11.2 Å². The second-order valence-electron chi connectivity index (χ2n) is 7.47. The Bertz CT molecular complexity index is 1510. The summed E-state index contributed by atoms with van der Waals surface area (Å²) in [5, 5.41) is 0. The Morgan fingerprint density at radius 2 is 1.79 bits per heavy atom. The van der Waals surface area contributed by atoms with Gasteiger partial charge in [0.15, 0.2) is 21.0 Å². The van der Waals surface area contributed by atoms with E-state index in [1.165, 1.54) is 11.6 Å². The van der Waals surface area contributed by atoms with Crippen LogP contribution in [0, 0.1) is 0 Å². The van der Waals surface area contributed by atoms with Gasteiger partial charge in [0.05, 0.1) is 23.2 Å². The van der Waals surface area contributed by atoms with Crippen LogP contribution in [0.15, 0.2) is 46.1 Å². The van der Waals surface area contributed by atoms with E-state index in [1.54, 1.807) is 17.6 Å². The number of imidazole rings is 2. The molecule has 0 unspecified atom stereocenters. The van der Waals surface area contributed by atoms with Crippen molar-refractivity contribution in [2.45, 2.75) is 12.5 Å². The van der Waals surface area contributed by atoms with Crippen LogP contribution in [0.2, 0.25) is 0 Å². The fraction of sp³-hybridized carbons (Fsp3) is 0.316. The first kappa shape index (κ1) is 17.9. The predicted molar refractivity (Wildman–Crippen MR) is 109 cm³/mol. The number of fused-ring (bicyclic) bond motifs is 3. The highest BCUT2D eigenvalue weighted by atomic mass is 32.2. The topological polar surface area (TPSA) is 100 Å². The Kier molecular flexibility index (Phi) is 3.66. The van der Waals surface area contributed by atoms with Crippen LogP contribution in [-0.4, -0.2) is 43.0 Å². The first-order valence-electron chi connectivity index (χ1n) is 9.23. The lowest BCUT2D eigenvalue weighted by Crippen LogP contribution is -2.37. The molecule has 1 aromatic carbocycles. The molecule has 1 fully saturated rings. The highest BCUT2D eigenvalue weighted by molar-refractivity contribution is 7.91. The Hall–Kier alpha value is -3.14. The van der Waals surface area contributed by atoms with Crippen LogP contribution in [0.5, 0.6) is 0 Å². The first-order valence-corrected chi connectivity index (χ1v) is 11.1. The summed E-state index contributed by atoms with van der Waals surface area (Å²) in [6, 6.07) is 9.30. The van der Waals surface area contributed by atoms with Gasteiger partial charge in [-0.1, -0.05) is 30.3 Å². The van der Waals surface area contributed by atoms with Gasteiger partial charge in [-0.05, 0) is 12.0 Å². The van der Waals surface area contributed by atoms with Gasteiger partial charge in [-0.15, -0.1) is 0 Å². The van der Waals surface area contributed by atoms with Crippen molar-refractivity contribution in [2.75, 3.05) is 11.5 Å². The Morgan fingerprint density at radius 3 is 2.45 bits per heavy atom. The summed E-state index contributed by atoms with van der Waals surface area (Å²) in [6.07, 6.45) is 2.28. The third-order valence-electron chi connectivity index (χ3n) is 5.64. The van der Waals surface area contributed by atoms with Gasteiger partial charge in [0, 0.05) is 20.3 Å². The van der Waals surface area contributed by atoms with E-state index < -0.39 is 21.1 Å². The van der Waals surface area contributed by atoms with E-state index in [0.29, 0.717) is 17.7 Å². The van der Waals surface area contributed by atoms with Crippen molar-refractivity contribution in [1.82, 2.24) is 23.1 Å². The van der Waals surface area contributed by atoms with Crippen LogP contribution >= 0.6 is 0 Å². The van der Waals surface area contributed by atoms with Gasteiger partial charge in [-0.25, -0.2) is 13.2 Å². The smallest absolute Gasteiger partial charge is 0.305 e. The zero-order chi connectivity index (χ0) is 20.5. The van der Waals surface area contributed by atoms with Gasteiger partial charge in [0.2, 0.25) is 5.78 Å². The van der Waals surface area contributed by atoms with Crippen LogP contribution in [-0.2, 0) is 23.9 Å². The second kappa shape index (κ2) is 5.93. The summed E-state index contributed by atoms with van der Waals surface area (Å²) < 4.78 is 30.3. The first-order chi connectivity index (χ1) is 13.8. The molecular formula is C19H19N5O4S. The van der Waals surface area contributed by atoms with Gasteiger partial charge < -0.3 is 4.57 Å². The van der Waals surface area contributed by atoms with Crippen molar-refractivity contribution in [3.8, 4) is 11.3 Å². The average molecular weight is 413 g/mol. The second-order valence-corrected chi connectivity index (χ2v) is 9.70. The van der Waals surface area contributed by atoms with Crippen molar-refractivity contribution in [1.29, 1.82) is 0 Å². The molecule has 5 rings (SSSR count). The molecular weight excluding hydrogens is 394 g/mol. The maximum absolute atomic E-state index is 12.8. The number of nitrogens with zero attached hydrogens (tertiary/aromatic N) is 5. The molecule has 29 heavy (non-hydrogen) atoms. The minimum atomic E-state index is -3.13. The molecule has 4 aromatic rings. The monoisotopic (exact) mass is 413 g/mol. The number of hydrogen-bond acceptors (Lipinski definition) is 5. The molecule has 0 aliphatic carbocycles. The van der Waals surface area contributed by atoms with Crippen LogP contribution in [0.25, 0.3) is 28.2 Å². The Labute approximate surface area is 165 Å². The van der Waals surface area contributed by atoms with E-state index >= 15 is 0 Å². The molecule has 1 saturated heterocycles. The molecule has 10 heteroatoms. The van der Waals surface area contributed by atoms with E-state index in [2.05, 4.69) is 4.98 Å². The number of rotatable bonds is 2. The number of hydrogen-bond donors (Lipinski definition) is 0. The summed E-state index contributed by atoms with van der Waals surface area (Å²) in [5.41, 5.74) is 1.36. The number of benzene rings is 1. The molecule has 0 saturated carbocycles. The quantitative estimate of drug-likeness (QED) is 0.482. The van der Waals surface area contributed by atoms with Crippen molar-refractivity contribution in [3.63, 3.8) is 0 Å². The molecule has 0 amide bonds. The Balaban J connectivity index is 1.91. The third kappa shape index (κ3) is 2.52. The summed E-state index contributed by atoms with van der Waals surface area (Å²) in [5.74, 6) is 0.605. The highest BCUT2D eigenvalue weighted by Crippen LogP contribution is 2.33. The van der Waals surface area contributed by atoms with Crippen LogP contribution in [0.3, 0.4) is 0 Å². The van der Waals surface area contributed by atoms with E-state index in [4.69, 9.17) is 0 Å². The van der Waals surface area contributed by atoms with Gasteiger partial charge >= 0.3 is 5.69 Å². The molecule has 4 heterocycles. The number of aryl methyl sites for hydroxylation is 1. The molecule has 150 valence electrons. The molecule has 0 radical (unpaired) electrons. The predicted octanol–water partition coefficient (Wildman–Crippen LogP) is 0.713. The maximum Gasteiger partial charge on any atom is 0.332 e. The molecule has 1 atom stereocenters. The Morgan fingerprint density at radius 1 is 1.07 bits per heavy atom. The number of sulfone groups is 1. The lowest BCUT2D eigenvalue weighted by Gasteiger charge is -2.14. The normalized spacial score (nSPS) is 18.8. The van der Waals surface area contributed by atoms with E-state index in [1.807, 2.05) is 34.9 Å². The fourth-order valence-electron chi connectivity index (χ4n) is 4.15. The molecule has 9 nitrogen and oxygen atoms in total. The summed E-state index contributed by atoms with van der Waals surface area (Å²) in [6.45, 7) is 0. The maximum atomic E-state index is 12.8. The van der Waals surface area contributed by atoms with Crippen molar-refractivity contribution in [2.24, 2.45) is 14.1 Å². The van der Waals surface area contributed by atoms with Gasteiger partial charge in [0.25, 0.3) is 5.56 Å². The highest BCUT2D eigenvalue weighted by Gasteiger charge is 2.33. The fourth-order valence-corrected chi connectivity index (χ4v) is 5.85. The zero-order valence-electron chi connectivity index (χ0n) is 15.9. The summed E-state index contributed by atoms with van der Waals surface area (Å²) in [7, 11) is -0.127. The molecule has 1 aliphatic heterocycles. The third-order valence-corrected chi connectivity index (χ3v) is 7.39. The number of aromatic nitrogens is 5. The van der Waals surface area contributed by atoms with E-state index in [0.717, 1.165) is 15.8 Å². The summed E-state index contributed by atoms with van der Waals surface area (Å²) >= 11 is 0. The summed E-state index contributed by atoms with van der Waals surface area (Å²) in [4.78, 5) is 29.7. The standard InChI is InChI=1S/C19H19N5O4S/c1-21-16-15(17(25)22(2)19(21)26)23-10-14(12-6-4-3-5-7-12)24(18(23)20-16)13-8-9-29(27,28)11-13/h3-7,10,13H,8-9,11H2,1-2H3/t13-/m1/s1. The zero-order valence-corrected chi connectivity index (χ0v) is 16.8. The molecule has 3 aromatic heterocycles.